The lowest BCUT2D eigenvalue weighted by atomic mass is 10.2. The molecule has 1 aliphatic heterocycles. The second-order valence-electron chi connectivity index (χ2n) is 6.01. The molecule has 2 aromatic rings. The third-order valence-corrected chi connectivity index (χ3v) is 4.50. The highest BCUT2D eigenvalue weighted by Gasteiger charge is 2.26. The highest BCUT2D eigenvalue weighted by molar-refractivity contribution is 5.94. The summed E-state index contributed by atoms with van der Waals surface area (Å²) in [7, 11) is 1.39. The number of benzene rings is 1. The first kappa shape index (κ1) is 18.1. The maximum atomic E-state index is 13.1. The average molecular weight is 360 g/mol. The van der Waals surface area contributed by atoms with Crippen LogP contribution in [0.25, 0.3) is 5.69 Å². The largest absolute Gasteiger partial charge is 0.494 e. The molecule has 1 fully saturated rings. The minimum Gasteiger partial charge on any atom is -0.494 e. The van der Waals surface area contributed by atoms with Crippen LogP contribution >= 0.6 is 0 Å². The molecule has 1 saturated heterocycles. The number of ether oxygens (including phenoxy) is 1. The summed E-state index contributed by atoms with van der Waals surface area (Å²) in [6, 6.07) is 6.57. The van der Waals surface area contributed by atoms with Gasteiger partial charge in [0.15, 0.2) is 11.4 Å². The molecular formula is C18H21FN4O3. The number of amides is 1. The highest BCUT2D eigenvalue weighted by Crippen LogP contribution is 2.17. The predicted molar refractivity (Wildman–Crippen MR) is 94.4 cm³/mol. The molecule has 1 aliphatic rings. The minimum absolute atomic E-state index is 0.0707. The maximum absolute atomic E-state index is 13.1. The van der Waals surface area contributed by atoms with E-state index in [1.165, 1.54) is 37.4 Å². The van der Waals surface area contributed by atoms with Gasteiger partial charge < -0.3 is 14.5 Å². The van der Waals surface area contributed by atoms with Crippen molar-refractivity contribution in [3.8, 4) is 11.4 Å². The summed E-state index contributed by atoms with van der Waals surface area (Å²) in [4.78, 5) is 29.2. The Kier molecular flexibility index (Phi) is 5.32. The monoisotopic (exact) mass is 360 g/mol. The fourth-order valence-corrected chi connectivity index (χ4v) is 2.93. The smallest absolute Gasteiger partial charge is 0.278 e. The summed E-state index contributed by atoms with van der Waals surface area (Å²) in [5.41, 5.74) is -0.00825. The first-order valence-corrected chi connectivity index (χ1v) is 8.49. The number of hydrogen-bond acceptors (Lipinski definition) is 5. The number of rotatable bonds is 4. The second-order valence-corrected chi connectivity index (χ2v) is 6.01. The van der Waals surface area contributed by atoms with E-state index in [0.717, 1.165) is 24.3 Å². The van der Waals surface area contributed by atoms with E-state index in [-0.39, 0.29) is 17.4 Å². The number of halogens is 1. The highest BCUT2D eigenvalue weighted by atomic mass is 19.1. The molecular weight excluding hydrogens is 339 g/mol. The van der Waals surface area contributed by atoms with Crippen molar-refractivity contribution in [2.75, 3.05) is 39.8 Å². The van der Waals surface area contributed by atoms with Gasteiger partial charge in [0.25, 0.3) is 11.5 Å². The summed E-state index contributed by atoms with van der Waals surface area (Å²) < 4.78 is 19.4. The van der Waals surface area contributed by atoms with Gasteiger partial charge in [0, 0.05) is 26.2 Å². The van der Waals surface area contributed by atoms with Gasteiger partial charge >= 0.3 is 0 Å². The van der Waals surface area contributed by atoms with E-state index in [4.69, 9.17) is 4.74 Å². The van der Waals surface area contributed by atoms with E-state index in [1.807, 2.05) is 0 Å². The average Bonchev–Trinajstić information content (AvgIpc) is 2.68. The molecule has 0 atom stereocenters. The number of methoxy groups -OCH3 is 1. The van der Waals surface area contributed by atoms with Gasteiger partial charge in [0.2, 0.25) is 0 Å². The number of carbonyl (C=O) groups is 1. The zero-order valence-corrected chi connectivity index (χ0v) is 14.8. The van der Waals surface area contributed by atoms with Crippen molar-refractivity contribution < 1.29 is 13.9 Å². The summed E-state index contributed by atoms with van der Waals surface area (Å²) in [5.74, 6) is -0.565. The Morgan fingerprint density at radius 1 is 1.19 bits per heavy atom. The topological polar surface area (TPSA) is 67.7 Å². The van der Waals surface area contributed by atoms with Crippen LogP contribution in [0.3, 0.4) is 0 Å². The van der Waals surface area contributed by atoms with Gasteiger partial charge in [0.1, 0.15) is 5.82 Å². The zero-order valence-electron chi connectivity index (χ0n) is 14.8. The van der Waals surface area contributed by atoms with Gasteiger partial charge in [-0.25, -0.2) is 4.39 Å². The quantitative estimate of drug-likeness (QED) is 0.819. The standard InChI is InChI=1S/C18H21FN4O3/c1-3-21-8-10-22(11-9-21)18(25)17-15(26-2)12-16(24)23(20-17)14-6-4-13(19)5-7-14/h4-7,12H,3,8-11H2,1-2H3. The van der Waals surface area contributed by atoms with E-state index in [2.05, 4.69) is 16.9 Å². The maximum Gasteiger partial charge on any atom is 0.278 e. The van der Waals surface area contributed by atoms with E-state index >= 15 is 0 Å². The van der Waals surface area contributed by atoms with Crippen LogP contribution in [0.1, 0.15) is 17.4 Å². The van der Waals surface area contributed by atoms with Crippen LogP contribution in [0.5, 0.6) is 5.75 Å². The van der Waals surface area contributed by atoms with Crippen molar-refractivity contribution in [1.29, 1.82) is 0 Å². The second kappa shape index (κ2) is 7.65. The molecule has 0 unspecified atom stereocenters. The summed E-state index contributed by atoms with van der Waals surface area (Å²) in [6.07, 6.45) is 0. The summed E-state index contributed by atoms with van der Waals surface area (Å²) in [5, 5.41) is 4.21. The van der Waals surface area contributed by atoms with E-state index in [0.29, 0.717) is 18.8 Å². The van der Waals surface area contributed by atoms with Crippen molar-refractivity contribution in [2.45, 2.75) is 6.92 Å². The zero-order chi connectivity index (χ0) is 18.7. The number of hydrogen-bond donors (Lipinski definition) is 0. The fourth-order valence-electron chi connectivity index (χ4n) is 2.93. The Balaban J connectivity index is 1.95. The van der Waals surface area contributed by atoms with E-state index in [9.17, 15) is 14.0 Å². The molecule has 0 radical (unpaired) electrons. The Morgan fingerprint density at radius 3 is 2.42 bits per heavy atom. The van der Waals surface area contributed by atoms with Gasteiger partial charge in [-0.15, -0.1) is 0 Å². The molecule has 8 heteroatoms. The Morgan fingerprint density at radius 2 is 1.85 bits per heavy atom. The first-order chi connectivity index (χ1) is 12.5. The molecule has 1 aromatic carbocycles. The molecule has 7 nitrogen and oxygen atoms in total. The SMILES string of the molecule is CCN1CCN(C(=O)c2nn(-c3ccc(F)cc3)c(=O)cc2OC)CC1. The normalized spacial score (nSPS) is 15.1. The number of aromatic nitrogens is 2. The number of likely N-dealkylation sites (N-methyl/N-ethyl adjacent to an activating group) is 1. The molecule has 0 aliphatic carbocycles. The molecule has 0 bridgehead atoms. The van der Waals surface area contributed by atoms with Crippen molar-refractivity contribution >= 4 is 5.91 Å². The van der Waals surface area contributed by atoms with E-state index < -0.39 is 11.4 Å². The molecule has 3 rings (SSSR count). The van der Waals surface area contributed by atoms with Crippen molar-refractivity contribution in [3.05, 3.63) is 52.2 Å². The van der Waals surface area contributed by atoms with Crippen LogP contribution in [-0.2, 0) is 0 Å². The molecule has 0 spiro atoms. The number of carbonyl (C=O) groups excluding carboxylic acids is 1. The minimum atomic E-state index is -0.458. The van der Waals surface area contributed by atoms with Crippen LogP contribution in [0.2, 0.25) is 0 Å². The molecule has 1 aromatic heterocycles. The van der Waals surface area contributed by atoms with Crippen molar-refractivity contribution in [3.63, 3.8) is 0 Å². The third kappa shape index (κ3) is 3.60. The third-order valence-electron chi connectivity index (χ3n) is 4.50. The molecule has 138 valence electrons. The van der Waals surface area contributed by atoms with Crippen LogP contribution in [0, 0.1) is 5.82 Å². The first-order valence-electron chi connectivity index (χ1n) is 8.49. The molecule has 0 saturated carbocycles. The van der Waals surface area contributed by atoms with Crippen LogP contribution in [0.15, 0.2) is 35.1 Å². The van der Waals surface area contributed by atoms with Crippen molar-refractivity contribution in [1.82, 2.24) is 19.6 Å². The summed E-state index contributed by atoms with van der Waals surface area (Å²) >= 11 is 0. The molecule has 0 N–H and O–H groups in total. The van der Waals surface area contributed by atoms with Crippen molar-refractivity contribution in [2.24, 2.45) is 0 Å². The molecule has 2 heterocycles. The van der Waals surface area contributed by atoms with Crippen LogP contribution in [0.4, 0.5) is 4.39 Å². The van der Waals surface area contributed by atoms with E-state index in [1.54, 1.807) is 4.90 Å². The Bertz CT molecular complexity index is 843. The summed E-state index contributed by atoms with van der Waals surface area (Å²) in [6.45, 7) is 5.80. The van der Waals surface area contributed by atoms with Gasteiger partial charge in [-0.2, -0.15) is 9.78 Å². The van der Waals surface area contributed by atoms with Gasteiger partial charge in [-0.3, -0.25) is 9.59 Å². The predicted octanol–water partition coefficient (Wildman–Crippen LogP) is 1.16. The van der Waals surface area contributed by atoms with Gasteiger partial charge in [-0.05, 0) is 30.8 Å². The number of nitrogens with zero attached hydrogens (tertiary/aromatic N) is 4. The van der Waals surface area contributed by atoms with Gasteiger partial charge in [-0.1, -0.05) is 6.92 Å². The fraction of sp³-hybridized carbons (Fsp3) is 0.389. The lowest BCUT2D eigenvalue weighted by molar-refractivity contribution is 0.0631. The van der Waals surface area contributed by atoms with Crippen LogP contribution < -0.4 is 10.3 Å². The Hall–Kier alpha value is -2.74. The molecule has 1 amide bonds. The lowest BCUT2D eigenvalue weighted by Gasteiger charge is -2.34. The van der Waals surface area contributed by atoms with Crippen LogP contribution in [-0.4, -0.2) is 65.3 Å². The molecule has 26 heavy (non-hydrogen) atoms. The lowest BCUT2D eigenvalue weighted by Crippen LogP contribution is -2.49. The van der Waals surface area contributed by atoms with Gasteiger partial charge in [0.05, 0.1) is 18.9 Å². The number of piperazine rings is 1. The Labute approximate surface area is 150 Å².